The van der Waals surface area contributed by atoms with E-state index in [9.17, 15) is 13.2 Å². The number of hydrogen-bond donors (Lipinski definition) is 5. The fourth-order valence-electron chi connectivity index (χ4n) is 3.51. The Balaban J connectivity index is 1.47. The summed E-state index contributed by atoms with van der Waals surface area (Å²) >= 11 is 1.65. The van der Waals surface area contributed by atoms with E-state index in [1.54, 1.807) is 23.9 Å². The number of hydrogen-bond acceptors (Lipinski definition) is 8. The third-order valence-electron chi connectivity index (χ3n) is 5.05. The minimum Gasteiger partial charge on any atom is -0.391 e. The van der Waals surface area contributed by atoms with Gasteiger partial charge in [0.15, 0.2) is 0 Å². The second-order valence-corrected chi connectivity index (χ2v) is 9.35. The van der Waals surface area contributed by atoms with E-state index >= 15 is 0 Å². The first kappa shape index (κ1) is 23.1. The van der Waals surface area contributed by atoms with Crippen molar-refractivity contribution >= 4 is 40.1 Å². The number of carbonyl (C=O) groups excluding carboxylic acids is 1. The monoisotopic (exact) mass is 487 g/mol. The Hall–Kier alpha value is -3.02. The van der Waals surface area contributed by atoms with Gasteiger partial charge in [0.1, 0.15) is 18.0 Å². The van der Waals surface area contributed by atoms with Crippen LogP contribution in [0.1, 0.15) is 29.8 Å². The van der Waals surface area contributed by atoms with Crippen molar-refractivity contribution in [1.82, 2.24) is 16.1 Å². The fraction of sp³-hybridized carbons (Fsp3) is 0.273. The minimum atomic E-state index is -2.72. The normalized spacial score (nSPS) is 20.4. The molecule has 2 aromatic carbocycles. The molecule has 0 aromatic heterocycles. The highest BCUT2D eigenvalue weighted by Crippen LogP contribution is 2.35. The SMILES string of the molecule is CC1N=C(CC(=O)N[C@@H](Cc2ccc(N[SH](=O)=O)cc2)C2=CSC(c3ccccc3)N2)ON1. The van der Waals surface area contributed by atoms with E-state index in [0.29, 0.717) is 18.0 Å². The van der Waals surface area contributed by atoms with Crippen molar-refractivity contribution in [2.75, 3.05) is 4.72 Å². The maximum atomic E-state index is 12.8. The summed E-state index contributed by atoms with van der Waals surface area (Å²) in [7, 11) is -2.72. The molecule has 0 saturated heterocycles. The van der Waals surface area contributed by atoms with Crippen LogP contribution in [0.3, 0.4) is 0 Å². The molecule has 1 amide bonds. The Morgan fingerprint density at radius 2 is 1.94 bits per heavy atom. The van der Waals surface area contributed by atoms with Gasteiger partial charge in [-0.2, -0.15) is 0 Å². The van der Waals surface area contributed by atoms with E-state index in [0.717, 1.165) is 16.8 Å². The number of benzene rings is 2. The molecule has 2 aliphatic rings. The molecule has 33 heavy (non-hydrogen) atoms. The second kappa shape index (κ2) is 10.7. The molecular weight excluding hydrogens is 462 g/mol. The minimum absolute atomic E-state index is 0.0375. The third-order valence-corrected chi connectivity index (χ3v) is 6.55. The molecule has 2 aliphatic heterocycles. The van der Waals surface area contributed by atoms with Crippen molar-refractivity contribution in [3.05, 3.63) is 76.8 Å². The van der Waals surface area contributed by atoms with E-state index in [2.05, 4.69) is 38.0 Å². The summed E-state index contributed by atoms with van der Waals surface area (Å²) in [6.45, 7) is 1.84. The van der Waals surface area contributed by atoms with E-state index in [4.69, 9.17) is 4.84 Å². The number of thiol groups is 1. The molecule has 2 heterocycles. The molecule has 0 aliphatic carbocycles. The number of amides is 1. The Bertz CT molecular complexity index is 1110. The number of aliphatic imine (C=N–C) groups is 1. The number of nitrogens with one attached hydrogen (secondary N) is 4. The van der Waals surface area contributed by atoms with Crippen molar-refractivity contribution in [2.45, 2.75) is 37.3 Å². The second-order valence-electron chi connectivity index (χ2n) is 7.63. The van der Waals surface area contributed by atoms with Crippen LogP contribution in [0.4, 0.5) is 5.69 Å². The fourth-order valence-corrected chi connectivity index (χ4v) is 4.91. The van der Waals surface area contributed by atoms with Gasteiger partial charge in [-0.05, 0) is 42.0 Å². The zero-order chi connectivity index (χ0) is 23.2. The molecule has 174 valence electrons. The first-order valence-corrected chi connectivity index (χ1v) is 12.5. The van der Waals surface area contributed by atoms with Crippen LogP contribution in [-0.4, -0.2) is 32.4 Å². The van der Waals surface area contributed by atoms with Gasteiger partial charge in [0, 0.05) is 11.4 Å². The highest BCUT2D eigenvalue weighted by Gasteiger charge is 2.27. The van der Waals surface area contributed by atoms with E-state index in [-0.39, 0.29) is 29.9 Å². The molecule has 4 rings (SSSR count). The van der Waals surface area contributed by atoms with E-state index < -0.39 is 10.9 Å². The van der Waals surface area contributed by atoms with Gasteiger partial charge < -0.3 is 15.5 Å². The van der Waals surface area contributed by atoms with E-state index in [1.807, 2.05) is 42.7 Å². The van der Waals surface area contributed by atoms with Crippen molar-refractivity contribution in [3.63, 3.8) is 0 Å². The van der Waals surface area contributed by atoms with Crippen molar-refractivity contribution < 1.29 is 18.0 Å². The number of rotatable bonds is 9. The lowest BCUT2D eigenvalue weighted by atomic mass is 10.0. The van der Waals surface area contributed by atoms with Gasteiger partial charge in [-0.3, -0.25) is 9.52 Å². The molecule has 0 spiro atoms. The highest BCUT2D eigenvalue weighted by molar-refractivity contribution is 8.02. The number of anilines is 1. The molecule has 0 bridgehead atoms. The zero-order valence-electron chi connectivity index (χ0n) is 17.9. The average Bonchev–Trinajstić information content (AvgIpc) is 3.44. The summed E-state index contributed by atoms with van der Waals surface area (Å²) in [5.74, 6) is 0.151. The Morgan fingerprint density at radius 3 is 2.61 bits per heavy atom. The standard InChI is InChI=1S/C22H25N5O4S2/c1-14-23-21(31-26-14)12-20(28)24-18(11-15-7-9-17(10-8-15)27-33(29)30)19-13-32-22(25-19)16-5-3-2-4-6-16/h2-10,13-14,18,22,25-26,33H,11-12H2,1H3,(H,24,28)(H,27,29,30)/t14?,18-,22?/m0/s1. The molecule has 11 heteroatoms. The molecular formula is C22H25N5O4S2. The molecule has 0 radical (unpaired) electrons. The summed E-state index contributed by atoms with van der Waals surface area (Å²) in [5, 5.41) is 8.70. The Kier molecular flexibility index (Phi) is 7.53. The quantitative estimate of drug-likeness (QED) is 0.344. The lowest BCUT2D eigenvalue weighted by molar-refractivity contribution is -0.120. The summed E-state index contributed by atoms with van der Waals surface area (Å²) in [5.41, 5.74) is 6.21. The van der Waals surface area contributed by atoms with Crippen LogP contribution < -0.4 is 20.8 Å². The van der Waals surface area contributed by atoms with Gasteiger partial charge >= 0.3 is 0 Å². The number of carbonyl (C=O) groups is 1. The van der Waals surface area contributed by atoms with Crippen molar-refractivity contribution in [1.29, 1.82) is 0 Å². The van der Waals surface area contributed by atoms with Crippen LogP contribution in [-0.2, 0) is 26.9 Å². The van der Waals surface area contributed by atoms with Gasteiger partial charge in [0.05, 0.1) is 6.04 Å². The Morgan fingerprint density at radius 1 is 1.18 bits per heavy atom. The van der Waals surface area contributed by atoms with Gasteiger partial charge in [-0.25, -0.2) is 13.4 Å². The number of hydroxylamine groups is 1. The van der Waals surface area contributed by atoms with Gasteiger partial charge in [0.2, 0.25) is 22.7 Å². The summed E-state index contributed by atoms with van der Waals surface area (Å²) in [6, 6.07) is 16.9. The van der Waals surface area contributed by atoms with Crippen LogP contribution in [0.25, 0.3) is 0 Å². The molecule has 9 nitrogen and oxygen atoms in total. The van der Waals surface area contributed by atoms with Gasteiger partial charge in [-0.1, -0.05) is 42.5 Å². The first-order valence-electron chi connectivity index (χ1n) is 10.4. The van der Waals surface area contributed by atoms with Gasteiger partial charge in [-0.15, -0.1) is 17.2 Å². The first-order chi connectivity index (χ1) is 16.0. The maximum Gasteiger partial charge on any atom is 0.229 e. The molecule has 2 aromatic rings. The molecule has 0 saturated carbocycles. The molecule has 2 unspecified atom stereocenters. The van der Waals surface area contributed by atoms with Crippen LogP contribution in [0.15, 0.2) is 70.7 Å². The van der Waals surface area contributed by atoms with E-state index in [1.165, 1.54) is 0 Å². The Labute approximate surface area is 198 Å². The van der Waals surface area contributed by atoms with Crippen molar-refractivity contribution in [2.24, 2.45) is 4.99 Å². The summed E-state index contributed by atoms with van der Waals surface area (Å²) < 4.78 is 24.1. The maximum absolute atomic E-state index is 12.8. The van der Waals surface area contributed by atoms with Crippen LogP contribution >= 0.6 is 11.8 Å². The number of thioether (sulfide) groups is 1. The summed E-state index contributed by atoms with van der Waals surface area (Å²) in [6.07, 6.45) is 0.385. The zero-order valence-corrected chi connectivity index (χ0v) is 19.6. The number of nitrogens with zero attached hydrogens (tertiary/aromatic N) is 1. The topological polar surface area (TPSA) is 121 Å². The van der Waals surface area contributed by atoms with Crippen LogP contribution in [0.5, 0.6) is 0 Å². The average molecular weight is 488 g/mol. The smallest absolute Gasteiger partial charge is 0.229 e. The summed E-state index contributed by atoms with van der Waals surface area (Å²) in [4.78, 5) is 22.2. The highest BCUT2D eigenvalue weighted by atomic mass is 32.2. The molecule has 0 fully saturated rings. The molecule has 3 atom stereocenters. The van der Waals surface area contributed by atoms with Crippen molar-refractivity contribution in [3.8, 4) is 0 Å². The van der Waals surface area contributed by atoms with Gasteiger partial charge in [0.25, 0.3) is 0 Å². The third kappa shape index (κ3) is 6.50. The van der Waals surface area contributed by atoms with Crippen LogP contribution in [0.2, 0.25) is 0 Å². The lowest BCUT2D eigenvalue weighted by Gasteiger charge is -2.22. The van der Waals surface area contributed by atoms with Crippen LogP contribution in [0, 0.1) is 0 Å². The largest absolute Gasteiger partial charge is 0.391 e. The lowest BCUT2D eigenvalue weighted by Crippen LogP contribution is -2.41. The molecule has 4 N–H and O–H groups in total. The predicted molar refractivity (Wildman–Crippen MR) is 130 cm³/mol. The predicted octanol–water partition coefficient (Wildman–Crippen LogP) is 2.20.